The maximum atomic E-state index is 3.37. The summed E-state index contributed by atoms with van der Waals surface area (Å²) in [7, 11) is 2.09. The second kappa shape index (κ2) is 4.86. The predicted octanol–water partition coefficient (Wildman–Crippen LogP) is 3.30. The highest BCUT2D eigenvalue weighted by molar-refractivity contribution is 4.91. The molecule has 2 fully saturated rings. The van der Waals surface area contributed by atoms with E-state index in [0.29, 0.717) is 0 Å². The summed E-state index contributed by atoms with van der Waals surface area (Å²) in [6.07, 6.45) is 7.69. The zero-order valence-electron chi connectivity index (χ0n) is 10.6. The highest BCUT2D eigenvalue weighted by Gasteiger charge is 2.40. The van der Waals surface area contributed by atoms with Crippen molar-refractivity contribution in [2.24, 2.45) is 29.6 Å². The molecule has 2 aliphatic carbocycles. The van der Waals surface area contributed by atoms with Crippen LogP contribution in [0.2, 0.25) is 0 Å². The van der Waals surface area contributed by atoms with Gasteiger partial charge in [-0.2, -0.15) is 0 Å². The van der Waals surface area contributed by atoms with E-state index >= 15 is 0 Å². The Hall–Kier alpha value is -0.0400. The van der Waals surface area contributed by atoms with Gasteiger partial charge in [-0.3, -0.25) is 0 Å². The van der Waals surface area contributed by atoms with E-state index < -0.39 is 0 Å². The quantitative estimate of drug-likeness (QED) is 0.732. The maximum absolute atomic E-state index is 3.37. The molecule has 4 unspecified atom stereocenters. The molecule has 0 heterocycles. The van der Waals surface area contributed by atoms with E-state index in [9.17, 15) is 0 Å². The zero-order chi connectivity index (χ0) is 10.8. The van der Waals surface area contributed by atoms with Gasteiger partial charge in [0, 0.05) is 0 Å². The Morgan fingerprint density at radius 1 is 1.20 bits per heavy atom. The fourth-order valence-corrected chi connectivity index (χ4v) is 3.91. The van der Waals surface area contributed by atoms with E-state index in [1.54, 1.807) is 25.7 Å². The molecule has 2 rings (SSSR count). The van der Waals surface area contributed by atoms with Crippen molar-refractivity contribution in [3.63, 3.8) is 0 Å². The molecular weight excluding hydrogens is 182 g/mol. The van der Waals surface area contributed by atoms with Crippen LogP contribution in [-0.2, 0) is 0 Å². The Morgan fingerprint density at radius 2 is 2.00 bits per heavy atom. The van der Waals surface area contributed by atoms with Crippen LogP contribution in [-0.4, -0.2) is 13.6 Å². The Morgan fingerprint density at radius 3 is 2.47 bits per heavy atom. The van der Waals surface area contributed by atoms with E-state index in [4.69, 9.17) is 0 Å². The molecule has 0 amide bonds. The molecule has 0 aromatic rings. The van der Waals surface area contributed by atoms with Gasteiger partial charge < -0.3 is 5.32 Å². The van der Waals surface area contributed by atoms with Crippen LogP contribution in [0.15, 0.2) is 0 Å². The number of rotatable bonds is 5. The highest BCUT2D eigenvalue weighted by atomic mass is 14.8. The molecule has 2 bridgehead atoms. The van der Waals surface area contributed by atoms with Gasteiger partial charge in [0.25, 0.3) is 0 Å². The van der Waals surface area contributed by atoms with Gasteiger partial charge in [-0.15, -0.1) is 0 Å². The number of hydrogen-bond donors (Lipinski definition) is 1. The van der Waals surface area contributed by atoms with Crippen molar-refractivity contribution in [3.8, 4) is 0 Å². The lowest BCUT2D eigenvalue weighted by Crippen LogP contribution is -2.27. The molecule has 0 spiro atoms. The van der Waals surface area contributed by atoms with Crippen molar-refractivity contribution in [3.05, 3.63) is 0 Å². The molecule has 88 valence electrons. The monoisotopic (exact) mass is 209 g/mol. The minimum atomic E-state index is 0.844. The van der Waals surface area contributed by atoms with Crippen molar-refractivity contribution >= 4 is 0 Å². The molecule has 0 aliphatic heterocycles. The Bertz CT molecular complexity index is 200. The largest absolute Gasteiger partial charge is 0.319 e. The average Bonchev–Trinajstić information content (AvgIpc) is 2.78. The molecule has 0 aromatic carbocycles. The van der Waals surface area contributed by atoms with Crippen LogP contribution < -0.4 is 5.32 Å². The highest BCUT2D eigenvalue weighted by Crippen LogP contribution is 2.50. The second-order valence-electron chi connectivity index (χ2n) is 6.23. The summed E-state index contributed by atoms with van der Waals surface area (Å²) < 4.78 is 0. The molecule has 0 radical (unpaired) electrons. The smallest absolute Gasteiger partial charge is 0.00210 e. The summed E-state index contributed by atoms with van der Waals surface area (Å²) >= 11 is 0. The summed E-state index contributed by atoms with van der Waals surface area (Å²) in [5.74, 6) is 5.04. The topological polar surface area (TPSA) is 12.0 Å². The number of fused-ring (bicyclic) bond motifs is 2. The molecule has 1 nitrogen and oxygen atoms in total. The van der Waals surface area contributed by atoms with E-state index in [1.807, 2.05) is 0 Å². The first-order valence-corrected chi connectivity index (χ1v) is 6.85. The van der Waals surface area contributed by atoms with Crippen LogP contribution in [0.1, 0.15) is 46.0 Å². The molecule has 15 heavy (non-hydrogen) atoms. The molecule has 1 heteroatoms. The fourth-order valence-electron chi connectivity index (χ4n) is 3.91. The molecule has 0 saturated heterocycles. The first kappa shape index (κ1) is 11.4. The molecule has 1 N–H and O–H groups in total. The lowest BCUT2D eigenvalue weighted by molar-refractivity contribution is 0.230. The Labute approximate surface area is 95.0 Å². The van der Waals surface area contributed by atoms with Gasteiger partial charge in [-0.25, -0.2) is 0 Å². The molecule has 2 aliphatic rings. The van der Waals surface area contributed by atoms with Crippen molar-refractivity contribution in [2.45, 2.75) is 46.0 Å². The van der Waals surface area contributed by atoms with Gasteiger partial charge in [0.2, 0.25) is 0 Å². The first-order valence-electron chi connectivity index (χ1n) is 6.85. The summed E-state index contributed by atoms with van der Waals surface area (Å²) in [4.78, 5) is 0. The third kappa shape index (κ3) is 2.55. The van der Waals surface area contributed by atoms with Gasteiger partial charge in [-0.1, -0.05) is 20.3 Å². The summed E-state index contributed by atoms with van der Waals surface area (Å²) in [6, 6.07) is 0. The van der Waals surface area contributed by atoms with Crippen LogP contribution in [0.25, 0.3) is 0 Å². The van der Waals surface area contributed by atoms with Crippen molar-refractivity contribution in [2.75, 3.05) is 13.6 Å². The average molecular weight is 209 g/mol. The number of hydrogen-bond acceptors (Lipinski definition) is 1. The van der Waals surface area contributed by atoms with Gasteiger partial charge in [0.15, 0.2) is 0 Å². The van der Waals surface area contributed by atoms with Crippen LogP contribution in [0.4, 0.5) is 0 Å². The summed E-state index contributed by atoms with van der Waals surface area (Å²) in [6.45, 7) is 5.98. The Balaban J connectivity index is 1.84. The van der Waals surface area contributed by atoms with E-state index in [2.05, 4.69) is 26.2 Å². The molecule has 4 atom stereocenters. The van der Waals surface area contributed by atoms with Crippen molar-refractivity contribution in [1.29, 1.82) is 0 Å². The summed E-state index contributed by atoms with van der Waals surface area (Å²) in [5, 5.41) is 3.37. The van der Waals surface area contributed by atoms with E-state index in [0.717, 1.165) is 29.6 Å². The van der Waals surface area contributed by atoms with Gasteiger partial charge in [-0.05, 0) is 68.9 Å². The predicted molar refractivity (Wildman–Crippen MR) is 65.8 cm³/mol. The SMILES string of the molecule is CNCC(CC1CC2CCC1C2)C(C)C. The zero-order valence-corrected chi connectivity index (χ0v) is 10.6. The minimum Gasteiger partial charge on any atom is -0.319 e. The van der Waals surface area contributed by atoms with E-state index in [-0.39, 0.29) is 0 Å². The third-order valence-electron chi connectivity index (χ3n) is 4.90. The molecular formula is C14H27N. The lowest BCUT2D eigenvalue weighted by Gasteiger charge is -2.28. The number of nitrogens with one attached hydrogen (secondary N) is 1. The minimum absolute atomic E-state index is 0.844. The maximum Gasteiger partial charge on any atom is -0.00210 e. The normalized spacial score (nSPS) is 36.4. The standard InChI is InChI=1S/C14H27N/c1-10(2)14(9-15-3)8-13-7-11-4-5-12(13)6-11/h10-15H,4-9H2,1-3H3. The Kier molecular flexibility index (Phi) is 3.71. The lowest BCUT2D eigenvalue weighted by atomic mass is 9.79. The van der Waals surface area contributed by atoms with Crippen molar-refractivity contribution in [1.82, 2.24) is 5.32 Å². The van der Waals surface area contributed by atoms with Gasteiger partial charge in [0.05, 0.1) is 0 Å². The van der Waals surface area contributed by atoms with Gasteiger partial charge >= 0.3 is 0 Å². The fraction of sp³-hybridized carbons (Fsp3) is 1.00. The van der Waals surface area contributed by atoms with Crippen molar-refractivity contribution < 1.29 is 0 Å². The van der Waals surface area contributed by atoms with Crippen LogP contribution in [0.5, 0.6) is 0 Å². The third-order valence-corrected chi connectivity index (χ3v) is 4.90. The van der Waals surface area contributed by atoms with Crippen LogP contribution >= 0.6 is 0 Å². The summed E-state index contributed by atoms with van der Waals surface area (Å²) in [5.41, 5.74) is 0. The van der Waals surface area contributed by atoms with E-state index in [1.165, 1.54) is 13.0 Å². The second-order valence-corrected chi connectivity index (χ2v) is 6.23. The van der Waals surface area contributed by atoms with Gasteiger partial charge in [0.1, 0.15) is 0 Å². The van der Waals surface area contributed by atoms with Crippen LogP contribution in [0.3, 0.4) is 0 Å². The molecule has 2 saturated carbocycles. The first-order chi connectivity index (χ1) is 7.20. The van der Waals surface area contributed by atoms with Crippen LogP contribution in [0, 0.1) is 29.6 Å². The molecule has 0 aromatic heterocycles.